The molecule has 2 bridgehead atoms. The number of hydrogen-bond donors (Lipinski definition) is 0. The van der Waals surface area contributed by atoms with Gasteiger partial charge in [-0.05, 0) is 59.5 Å². The van der Waals surface area contributed by atoms with Crippen LogP contribution in [0.4, 0.5) is 5.69 Å². The van der Waals surface area contributed by atoms with Gasteiger partial charge in [-0.3, -0.25) is 19.5 Å². The minimum absolute atomic E-state index is 0.107. The topological polar surface area (TPSA) is 150 Å². The molecule has 4 aromatic carbocycles. The second kappa shape index (κ2) is 14.0. The summed E-state index contributed by atoms with van der Waals surface area (Å²) in [6, 6.07) is 28.5. The highest BCUT2D eigenvalue weighted by Gasteiger charge is 2.72. The zero-order valence-electron chi connectivity index (χ0n) is 28.6. The van der Waals surface area contributed by atoms with E-state index in [2.05, 4.69) is 0 Å². The van der Waals surface area contributed by atoms with E-state index in [0.717, 1.165) is 26.5 Å². The summed E-state index contributed by atoms with van der Waals surface area (Å²) in [6.45, 7) is 1.66. The lowest BCUT2D eigenvalue weighted by atomic mass is 9.81. The fourth-order valence-corrected chi connectivity index (χ4v) is 7.44. The molecule has 5 aromatic rings. The highest BCUT2D eigenvalue weighted by molar-refractivity contribution is 5.90. The summed E-state index contributed by atoms with van der Waals surface area (Å²) >= 11 is 0. The standard InChI is InChI=1S/C40H35N3O10/c1-25-21-41(39(46)42(36(25)44)24-49-22-26-8-3-2-4-9-26)37-34-35(50-23-27-14-15-28-10-5-6-11-30(28)20-27)40(53-37)32(51-34)12-7-13-33(40)52-38(45)29-16-18-31(19-17-29)43(47)48/h2-11,13-21,32-35,37H,12,22-24H2,1H3/t32-,33+,34+,35-,37+,40+/m0/s1. The molecular formula is C40H35N3O10. The number of nitrogens with zero attached hydrogens (tertiary/aromatic N) is 3. The van der Waals surface area contributed by atoms with Crippen LogP contribution in [0.1, 0.15) is 39.7 Å². The molecule has 2 aliphatic heterocycles. The molecule has 0 amide bonds. The maximum atomic E-state index is 14.1. The Kier molecular flexibility index (Phi) is 9.08. The third-order valence-corrected chi connectivity index (χ3v) is 10.0. The number of carbonyl (C=O) groups is 1. The molecule has 0 unspecified atom stereocenters. The number of non-ortho nitro benzene ring substituents is 1. The molecular weight excluding hydrogens is 682 g/mol. The van der Waals surface area contributed by atoms with Crippen LogP contribution in [0.3, 0.4) is 0 Å². The molecule has 0 radical (unpaired) electrons. The molecule has 3 heterocycles. The number of fused-ring (bicyclic) bond motifs is 2. The summed E-state index contributed by atoms with van der Waals surface area (Å²) in [5.74, 6) is -0.731. The summed E-state index contributed by atoms with van der Waals surface area (Å²) in [7, 11) is 0. The average molecular weight is 718 g/mol. The van der Waals surface area contributed by atoms with E-state index >= 15 is 0 Å². The van der Waals surface area contributed by atoms with Crippen molar-refractivity contribution in [2.24, 2.45) is 0 Å². The van der Waals surface area contributed by atoms with Crippen LogP contribution in [0.25, 0.3) is 10.8 Å². The summed E-state index contributed by atoms with van der Waals surface area (Å²) in [5.41, 5.74) is -0.559. The third kappa shape index (κ3) is 6.27. The third-order valence-electron chi connectivity index (χ3n) is 10.0. The number of nitro groups is 1. The maximum Gasteiger partial charge on any atom is 0.338 e. The van der Waals surface area contributed by atoms with Crippen LogP contribution in [0.15, 0.2) is 125 Å². The number of benzene rings is 4. The number of hydrogen-bond acceptors (Lipinski definition) is 10. The summed E-state index contributed by atoms with van der Waals surface area (Å²) in [5, 5.41) is 13.3. The molecule has 2 saturated heterocycles. The van der Waals surface area contributed by atoms with E-state index in [0.29, 0.717) is 6.42 Å². The molecule has 0 saturated carbocycles. The first-order valence-corrected chi connectivity index (χ1v) is 17.2. The fraction of sp³-hybridized carbons (Fsp3) is 0.275. The Morgan fingerprint density at radius 1 is 0.943 bits per heavy atom. The maximum absolute atomic E-state index is 14.1. The minimum atomic E-state index is -1.39. The molecule has 1 spiro atoms. The van der Waals surface area contributed by atoms with Gasteiger partial charge in [0.2, 0.25) is 0 Å². The number of rotatable bonds is 11. The van der Waals surface area contributed by atoms with Crippen molar-refractivity contribution in [1.29, 1.82) is 0 Å². The molecule has 6 atom stereocenters. The molecule has 3 aliphatic rings. The Balaban J connectivity index is 1.13. The zero-order chi connectivity index (χ0) is 36.7. The van der Waals surface area contributed by atoms with Crippen molar-refractivity contribution in [2.45, 2.75) is 69.5 Å². The van der Waals surface area contributed by atoms with E-state index in [1.165, 1.54) is 35.0 Å². The zero-order valence-corrected chi connectivity index (χ0v) is 28.6. The Morgan fingerprint density at radius 3 is 2.47 bits per heavy atom. The number of nitro benzene ring substituents is 1. The van der Waals surface area contributed by atoms with Gasteiger partial charge in [0.05, 0.1) is 29.8 Å². The van der Waals surface area contributed by atoms with Gasteiger partial charge in [-0.1, -0.05) is 72.8 Å². The lowest BCUT2D eigenvalue weighted by Gasteiger charge is -2.43. The number of ether oxygens (including phenoxy) is 5. The lowest BCUT2D eigenvalue weighted by Crippen LogP contribution is -2.59. The Labute approximate surface area is 302 Å². The average Bonchev–Trinajstić information content (AvgIpc) is 3.67. The predicted octanol–water partition coefficient (Wildman–Crippen LogP) is 5.36. The summed E-state index contributed by atoms with van der Waals surface area (Å²) < 4.78 is 34.4. The molecule has 13 nitrogen and oxygen atoms in total. The van der Waals surface area contributed by atoms with Crippen LogP contribution in [0, 0.1) is 17.0 Å². The number of carbonyl (C=O) groups excluding carboxylic acids is 1. The number of aryl methyl sites for hydroxylation is 1. The van der Waals surface area contributed by atoms with Crippen LogP contribution in [0.2, 0.25) is 0 Å². The van der Waals surface area contributed by atoms with Crippen LogP contribution in [0.5, 0.6) is 0 Å². The first-order chi connectivity index (χ1) is 25.7. The van der Waals surface area contributed by atoms with Crippen molar-refractivity contribution in [3.63, 3.8) is 0 Å². The van der Waals surface area contributed by atoms with Gasteiger partial charge in [-0.25, -0.2) is 14.2 Å². The van der Waals surface area contributed by atoms with Crippen LogP contribution < -0.4 is 11.2 Å². The quantitative estimate of drug-likeness (QED) is 0.0756. The van der Waals surface area contributed by atoms with Crippen LogP contribution in [-0.2, 0) is 43.6 Å². The largest absolute Gasteiger partial charge is 0.451 e. The number of esters is 1. The monoisotopic (exact) mass is 717 g/mol. The predicted molar refractivity (Wildman–Crippen MR) is 191 cm³/mol. The Hall–Kier alpha value is -5.73. The van der Waals surface area contributed by atoms with E-state index in [1.54, 1.807) is 13.0 Å². The first-order valence-electron chi connectivity index (χ1n) is 17.2. The highest BCUT2D eigenvalue weighted by Crippen LogP contribution is 2.55. The van der Waals surface area contributed by atoms with Gasteiger partial charge in [-0.2, -0.15) is 0 Å². The molecule has 53 heavy (non-hydrogen) atoms. The molecule has 1 aromatic heterocycles. The SMILES string of the molecule is Cc1cn([C@@H]2O[C@]34[C@H](CC=C[C@H]3OC(=O)c3ccc([N+](=O)[O-])cc3)O[C@@H]2[C@@H]4OCc2ccc3ccccc3c2)c(=O)n(COCc2ccccc2)c1=O. The van der Waals surface area contributed by atoms with E-state index in [1.807, 2.05) is 78.9 Å². The van der Waals surface area contributed by atoms with Crippen molar-refractivity contribution in [3.8, 4) is 0 Å². The normalized spacial score (nSPS) is 24.3. The van der Waals surface area contributed by atoms with Gasteiger partial charge < -0.3 is 23.7 Å². The van der Waals surface area contributed by atoms with Gasteiger partial charge in [0, 0.05) is 23.9 Å². The van der Waals surface area contributed by atoms with Gasteiger partial charge in [0.1, 0.15) is 18.9 Å². The van der Waals surface area contributed by atoms with Gasteiger partial charge in [0.15, 0.2) is 17.9 Å². The van der Waals surface area contributed by atoms with E-state index in [-0.39, 0.29) is 36.8 Å². The second-order valence-corrected chi connectivity index (χ2v) is 13.4. The van der Waals surface area contributed by atoms with E-state index in [4.69, 9.17) is 23.7 Å². The highest BCUT2D eigenvalue weighted by atomic mass is 16.7. The molecule has 13 heteroatoms. The summed E-state index contributed by atoms with van der Waals surface area (Å²) in [6.07, 6.45) is 1.04. The van der Waals surface area contributed by atoms with Gasteiger partial charge in [0.25, 0.3) is 11.2 Å². The fourth-order valence-electron chi connectivity index (χ4n) is 7.44. The Bertz CT molecular complexity index is 2340. The molecule has 270 valence electrons. The minimum Gasteiger partial charge on any atom is -0.451 e. The molecule has 2 fully saturated rings. The van der Waals surface area contributed by atoms with E-state index in [9.17, 15) is 24.5 Å². The molecule has 0 N–H and O–H groups in total. The van der Waals surface area contributed by atoms with Crippen molar-refractivity contribution in [3.05, 3.63) is 169 Å². The van der Waals surface area contributed by atoms with Crippen molar-refractivity contribution in [2.75, 3.05) is 0 Å². The lowest BCUT2D eigenvalue weighted by molar-refractivity contribution is -0.384. The van der Waals surface area contributed by atoms with Crippen molar-refractivity contribution >= 4 is 22.4 Å². The second-order valence-electron chi connectivity index (χ2n) is 13.4. The molecule has 8 rings (SSSR count). The smallest absolute Gasteiger partial charge is 0.338 e. The van der Waals surface area contributed by atoms with Gasteiger partial charge >= 0.3 is 11.7 Å². The molecule has 1 aliphatic carbocycles. The Morgan fingerprint density at radius 2 is 1.70 bits per heavy atom. The van der Waals surface area contributed by atoms with Crippen LogP contribution >= 0.6 is 0 Å². The summed E-state index contributed by atoms with van der Waals surface area (Å²) in [4.78, 5) is 51.5. The number of aromatic nitrogens is 2. The van der Waals surface area contributed by atoms with Gasteiger partial charge in [-0.15, -0.1) is 0 Å². The van der Waals surface area contributed by atoms with E-state index < -0.39 is 58.4 Å². The van der Waals surface area contributed by atoms with Crippen molar-refractivity contribution < 1.29 is 33.4 Å². The van der Waals surface area contributed by atoms with Crippen LogP contribution in [-0.4, -0.2) is 50.0 Å². The van der Waals surface area contributed by atoms with Crippen molar-refractivity contribution in [1.82, 2.24) is 9.13 Å². The first kappa shape index (κ1) is 34.4.